The highest BCUT2D eigenvalue weighted by Gasteiger charge is 2.29. The number of nitrogens with one attached hydrogen (secondary N) is 1. The highest BCUT2D eigenvalue weighted by Crippen LogP contribution is 2.28. The van der Waals surface area contributed by atoms with Crippen LogP contribution in [0.15, 0.2) is 29.5 Å². The molecule has 1 saturated heterocycles. The van der Waals surface area contributed by atoms with Gasteiger partial charge in [-0.1, -0.05) is 0 Å². The first-order valence-electron chi connectivity index (χ1n) is 9.81. The second-order valence-corrected chi connectivity index (χ2v) is 8.19. The molecule has 1 aromatic carbocycles. The Hall–Kier alpha value is -3.77. The van der Waals surface area contributed by atoms with Gasteiger partial charge in [0.15, 0.2) is 5.57 Å². The quantitative estimate of drug-likeness (QED) is 0.729. The minimum Gasteiger partial charge on any atom is -0.444 e. The number of carbonyl (C=O) groups excluding carboxylic acids is 1. The van der Waals surface area contributed by atoms with E-state index < -0.39 is 11.4 Å². The molecule has 2 rings (SSSR count). The first-order chi connectivity index (χ1) is 14.6. The molecular formula is C22H25FN6O2. The summed E-state index contributed by atoms with van der Waals surface area (Å²) in [5.74, 6) is -0.505. The van der Waals surface area contributed by atoms with Gasteiger partial charge in [-0.3, -0.25) is 0 Å². The topological polar surface area (TPSA) is 116 Å². The van der Waals surface area contributed by atoms with Gasteiger partial charge in [0, 0.05) is 31.9 Å². The number of benzene rings is 1. The van der Waals surface area contributed by atoms with Crippen LogP contribution in [0.1, 0.15) is 33.6 Å². The predicted octanol–water partition coefficient (Wildman–Crippen LogP) is 3.90. The third kappa shape index (κ3) is 6.10. The minimum atomic E-state index is -0.550. The second-order valence-electron chi connectivity index (χ2n) is 8.19. The predicted molar refractivity (Wildman–Crippen MR) is 113 cm³/mol. The van der Waals surface area contributed by atoms with Gasteiger partial charge in [0.2, 0.25) is 0 Å². The number of likely N-dealkylation sites (tertiary alicyclic amines) is 1. The van der Waals surface area contributed by atoms with E-state index in [-0.39, 0.29) is 29.1 Å². The van der Waals surface area contributed by atoms with E-state index in [0.717, 1.165) is 0 Å². The van der Waals surface area contributed by atoms with E-state index >= 15 is 0 Å². The maximum Gasteiger partial charge on any atom is 0.410 e. The summed E-state index contributed by atoms with van der Waals surface area (Å²) < 4.78 is 20.2. The number of hydrogen-bond acceptors (Lipinski definition) is 7. The molecule has 1 aliphatic rings. The first-order valence-corrected chi connectivity index (χ1v) is 9.81. The molecule has 0 radical (unpaired) electrons. The smallest absolute Gasteiger partial charge is 0.410 e. The summed E-state index contributed by atoms with van der Waals surface area (Å²) in [6.45, 7) is 6.51. The summed E-state index contributed by atoms with van der Waals surface area (Å²) in [7, 11) is 1.80. The minimum absolute atomic E-state index is 0.0466. The number of rotatable bonds is 4. The molecule has 1 heterocycles. The Bertz CT molecular complexity index is 969. The van der Waals surface area contributed by atoms with Crippen molar-refractivity contribution >= 4 is 17.5 Å². The van der Waals surface area contributed by atoms with Crippen LogP contribution in [0.3, 0.4) is 0 Å². The number of halogens is 1. The number of amides is 1. The molecule has 162 valence electrons. The normalized spacial score (nSPS) is 13.9. The summed E-state index contributed by atoms with van der Waals surface area (Å²) in [4.78, 5) is 15.7. The second kappa shape index (κ2) is 9.82. The monoisotopic (exact) mass is 424 g/mol. The van der Waals surface area contributed by atoms with Crippen molar-refractivity contribution in [3.8, 4) is 18.2 Å². The Balaban J connectivity index is 2.06. The van der Waals surface area contributed by atoms with Gasteiger partial charge in [0.05, 0.1) is 5.69 Å². The van der Waals surface area contributed by atoms with Gasteiger partial charge in [-0.15, -0.1) is 0 Å². The molecule has 0 unspecified atom stereocenters. The summed E-state index contributed by atoms with van der Waals surface area (Å²) in [5, 5.41) is 29.5. The van der Waals surface area contributed by atoms with E-state index in [0.29, 0.717) is 31.6 Å². The van der Waals surface area contributed by atoms with Gasteiger partial charge in [0.25, 0.3) is 0 Å². The van der Waals surface area contributed by atoms with Crippen LogP contribution in [0.2, 0.25) is 0 Å². The van der Waals surface area contributed by atoms with E-state index in [1.54, 1.807) is 42.3 Å². The number of allylic oxidation sites excluding steroid dienone is 2. The molecular weight excluding hydrogens is 399 g/mol. The molecule has 1 amide bonds. The lowest BCUT2D eigenvalue weighted by Gasteiger charge is -2.38. The van der Waals surface area contributed by atoms with Crippen molar-refractivity contribution in [2.24, 2.45) is 0 Å². The lowest BCUT2D eigenvalue weighted by Crippen LogP contribution is -2.47. The average molecular weight is 424 g/mol. The number of anilines is 2. The number of ether oxygens (including phenoxy) is 1. The molecule has 1 N–H and O–H groups in total. The van der Waals surface area contributed by atoms with E-state index in [1.165, 1.54) is 6.07 Å². The number of hydrogen-bond donors (Lipinski definition) is 1. The molecule has 9 heteroatoms. The zero-order valence-corrected chi connectivity index (χ0v) is 18.1. The third-order valence-electron chi connectivity index (χ3n) is 4.85. The van der Waals surface area contributed by atoms with Crippen LogP contribution in [0.5, 0.6) is 0 Å². The largest absolute Gasteiger partial charge is 0.444 e. The van der Waals surface area contributed by atoms with E-state index in [2.05, 4.69) is 5.32 Å². The molecule has 31 heavy (non-hydrogen) atoms. The van der Waals surface area contributed by atoms with Crippen molar-refractivity contribution in [2.75, 3.05) is 30.4 Å². The molecule has 0 atom stereocenters. The van der Waals surface area contributed by atoms with Crippen LogP contribution in [0.25, 0.3) is 0 Å². The number of piperidine rings is 1. The third-order valence-corrected chi connectivity index (χ3v) is 4.85. The Morgan fingerprint density at radius 3 is 2.29 bits per heavy atom. The fraction of sp³-hybridized carbons (Fsp3) is 0.455. The number of nitrogens with zero attached hydrogens (tertiary/aromatic N) is 5. The van der Waals surface area contributed by atoms with Crippen LogP contribution in [0, 0.1) is 39.8 Å². The lowest BCUT2D eigenvalue weighted by molar-refractivity contribution is 0.0205. The first kappa shape index (κ1) is 23.5. The van der Waals surface area contributed by atoms with E-state index in [4.69, 9.17) is 20.5 Å². The molecule has 0 aliphatic carbocycles. The number of carbonyl (C=O) groups is 1. The fourth-order valence-corrected chi connectivity index (χ4v) is 3.26. The zero-order chi connectivity index (χ0) is 23.2. The zero-order valence-electron chi connectivity index (χ0n) is 18.1. The van der Waals surface area contributed by atoms with Crippen LogP contribution in [-0.4, -0.2) is 42.8 Å². The average Bonchev–Trinajstić information content (AvgIpc) is 2.72. The number of nitriles is 3. The molecule has 0 saturated carbocycles. The summed E-state index contributed by atoms with van der Waals surface area (Å²) in [6.07, 6.45) is 1.000. The van der Waals surface area contributed by atoms with Crippen molar-refractivity contribution < 1.29 is 13.9 Å². The van der Waals surface area contributed by atoms with E-state index in [9.17, 15) is 9.18 Å². The van der Waals surface area contributed by atoms with Crippen LogP contribution >= 0.6 is 0 Å². The van der Waals surface area contributed by atoms with Gasteiger partial charge in [0.1, 0.15) is 35.3 Å². The van der Waals surface area contributed by atoms with E-state index in [1.807, 2.05) is 25.7 Å². The standard InChI is InChI=1S/C22H25FN6O2/c1-22(2,3)31-21(30)29-9-7-17(8-10-29)28(4)20-6-5-16(11-18(20)23)27-19(14-26)15(12-24)13-25/h5-6,11,17,27H,7-10H2,1-4H3. The molecule has 1 fully saturated rings. The Kier molecular flexibility index (Phi) is 7.45. The highest BCUT2D eigenvalue weighted by molar-refractivity contribution is 5.68. The van der Waals surface area contributed by atoms with Gasteiger partial charge >= 0.3 is 6.09 Å². The van der Waals surface area contributed by atoms with Crippen LogP contribution < -0.4 is 10.2 Å². The van der Waals surface area contributed by atoms with Crippen LogP contribution in [-0.2, 0) is 4.74 Å². The van der Waals surface area contributed by atoms with Gasteiger partial charge in [-0.05, 0) is 51.8 Å². The maximum atomic E-state index is 14.8. The van der Waals surface area contributed by atoms with Crippen molar-refractivity contribution in [2.45, 2.75) is 45.3 Å². The maximum absolute atomic E-state index is 14.8. The summed E-state index contributed by atoms with van der Waals surface area (Å²) in [5.41, 5.74) is -0.523. The SMILES string of the molecule is CN(c1ccc(NC(C#N)=C(C#N)C#N)cc1F)C1CCN(C(=O)OC(C)(C)C)CC1. The molecule has 0 spiro atoms. The van der Waals surface area contributed by atoms with Gasteiger partial charge in [-0.2, -0.15) is 15.8 Å². The summed E-state index contributed by atoms with van der Waals surface area (Å²) in [6, 6.07) is 9.41. The van der Waals surface area contributed by atoms with Crippen molar-refractivity contribution in [3.63, 3.8) is 0 Å². The van der Waals surface area contributed by atoms with Gasteiger partial charge in [-0.25, -0.2) is 9.18 Å². The molecule has 8 nitrogen and oxygen atoms in total. The Morgan fingerprint density at radius 1 is 1.19 bits per heavy atom. The van der Waals surface area contributed by atoms with Gasteiger partial charge < -0.3 is 19.9 Å². The highest BCUT2D eigenvalue weighted by atomic mass is 19.1. The lowest BCUT2D eigenvalue weighted by atomic mass is 10.0. The summed E-state index contributed by atoms with van der Waals surface area (Å²) >= 11 is 0. The van der Waals surface area contributed by atoms with Crippen LogP contribution in [0.4, 0.5) is 20.6 Å². The molecule has 0 bridgehead atoms. The van der Waals surface area contributed by atoms with Crippen molar-refractivity contribution in [1.82, 2.24) is 4.90 Å². The molecule has 1 aromatic rings. The fourth-order valence-electron chi connectivity index (χ4n) is 3.26. The Morgan fingerprint density at radius 2 is 1.81 bits per heavy atom. The van der Waals surface area contributed by atoms with Crippen molar-refractivity contribution in [1.29, 1.82) is 15.8 Å². The van der Waals surface area contributed by atoms with Crippen molar-refractivity contribution in [3.05, 3.63) is 35.3 Å². The Labute approximate surface area is 181 Å². The molecule has 1 aliphatic heterocycles. The molecule has 0 aromatic heterocycles.